The van der Waals surface area contributed by atoms with Gasteiger partial charge in [0.05, 0.1) is 30.2 Å². The molecule has 0 spiro atoms. The second-order valence-corrected chi connectivity index (χ2v) is 5.54. The van der Waals surface area contributed by atoms with Crippen LogP contribution in [0.4, 0.5) is 0 Å². The van der Waals surface area contributed by atoms with Crippen LogP contribution >= 0.6 is 0 Å². The summed E-state index contributed by atoms with van der Waals surface area (Å²) in [5.41, 5.74) is 0.501. The van der Waals surface area contributed by atoms with E-state index in [0.29, 0.717) is 49.3 Å². The average Bonchev–Trinajstić information content (AvgIpc) is 2.53. The zero-order valence-electron chi connectivity index (χ0n) is 12.5. The molecule has 0 unspecified atom stereocenters. The standard InChI is InChI=1S/C16H19N3O3/c1-11-10-22-9-8-19(11)15(20)7-6-14-17-13-5-3-2-4-12(13)16(21)18-14/h2-5,11H,6-10H2,1H3,(H,17,18,21)/t11-/m1/s1. The number of rotatable bonds is 3. The number of para-hydroxylation sites is 1. The van der Waals surface area contributed by atoms with Crippen molar-refractivity contribution in [3.63, 3.8) is 0 Å². The third-order valence-corrected chi connectivity index (χ3v) is 3.93. The topological polar surface area (TPSA) is 75.3 Å². The number of carbonyl (C=O) groups is 1. The molecule has 1 aromatic heterocycles. The highest BCUT2D eigenvalue weighted by Crippen LogP contribution is 2.10. The quantitative estimate of drug-likeness (QED) is 0.921. The minimum Gasteiger partial charge on any atom is -0.377 e. The minimum atomic E-state index is -0.159. The number of benzene rings is 1. The maximum atomic E-state index is 12.3. The number of hydrogen-bond acceptors (Lipinski definition) is 4. The predicted octanol–water partition coefficient (Wildman–Crippen LogP) is 1.10. The van der Waals surface area contributed by atoms with Gasteiger partial charge in [0, 0.05) is 19.4 Å². The van der Waals surface area contributed by atoms with Crippen LogP contribution in [0.3, 0.4) is 0 Å². The maximum absolute atomic E-state index is 12.3. The van der Waals surface area contributed by atoms with Crippen molar-refractivity contribution in [3.8, 4) is 0 Å². The first-order valence-corrected chi connectivity index (χ1v) is 7.50. The number of fused-ring (bicyclic) bond motifs is 1. The fraction of sp³-hybridized carbons (Fsp3) is 0.438. The maximum Gasteiger partial charge on any atom is 0.258 e. The zero-order chi connectivity index (χ0) is 15.5. The molecule has 0 radical (unpaired) electrons. The number of aromatic nitrogens is 2. The Labute approximate surface area is 128 Å². The van der Waals surface area contributed by atoms with E-state index in [1.807, 2.05) is 24.0 Å². The normalized spacial score (nSPS) is 18.6. The first-order chi connectivity index (χ1) is 10.6. The van der Waals surface area contributed by atoms with Crippen molar-refractivity contribution in [1.29, 1.82) is 0 Å². The van der Waals surface area contributed by atoms with Gasteiger partial charge in [0.1, 0.15) is 5.82 Å². The van der Waals surface area contributed by atoms with E-state index in [1.54, 1.807) is 12.1 Å². The molecule has 1 atom stereocenters. The highest BCUT2D eigenvalue weighted by atomic mass is 16.5. The highest BCUT2D eigenvalue weighted by molar-refractivity contribution is 5.78. The molecule has 6 nitrogen and oxygen atoms in total. The molecule has 1 N–H and O–H groups in total. The molecule has 3 rings (SSSR count). The molecule has 0 bridgehead atoms. The van der Waals surface area contributed by atoms with Crippen LogP contribution in [-0.2, 0) is 16.0 Å². The number of H-pyrrole nitrogens is 1. The van der Waals surface area contributed by atoms with E-state index in [9.17, 15) is 9.59 Å². The summed E-state index contributed by atoms with van der Waals surface area (Å²) in [6.07, 6.45) is 0.772. The summed E-state index contributed by atoms with van der Waals surface area (Å²) >= 11 is 0. The molecule has 6 heteroatoms. The van der Waals surface area contributed by atoms with Crippen LogP contribution in [0.25, 0.3) is 10.9 Å². The number of carbonyl (C=O) groups excluding carboxylic acids is 1. The lowest BCUT2D eigenvalue weighted by atomic mass is 10.2. The summed E-state index contributed by atoms with van der Waals surface area (Å²) in [5.74, 6) is 0.629. The van der Waals surface area contributed by atoms with Gasteiger partial charge >= 0.3 is 0 Å². The van der Waals surface area contributed by atoms with Crippen LogP contribution < -0.4 is 5.56 Å². The number of nitrogens with zero attached hydrogens (tertiary/aromatic N) is 2. The third-order valence-electron chi connectivity index (χ3n) is 3.93. The Morgan fingerprint density at radius 1 is 1.45 bits per heavy atom. The molecular formula is C16H19N3O3. The Morgan fingerprint density at radius 3 is 3.09 bits per heavy atom. The van der Waals surface area contributed by atoms with Crippen molar-refractivity contribution in [2.75, 3.05) is 19.8 Å². The zero-order valence-corrected chi connectivity index (χ0v) is 12.5. The molecular weight excluding hydrogens is 282 g/mol. The van der Waals surface area contributed by atoms with Crippen molar-refractivity contribution >= 4 is 16.8 Å². The number of aryl methyl sites for hydroxylation is 1. The molecule has 116 valence electrons. The Morgan fingerprint density at radius 2 is 2.27 bits per heavy atom. The van der Waals surface area contributed by atoms with Gasteiger partial charge in [0.15, 0.2) is 0 Å². The van der Waals surface area contributed by atoms with Gasteiger partial charge in [0.25, 0.3) is 5.56 Å². The molecule has 22 heavy (non-hydrogen) atoms. The fourth-order valence-electron chi connectivity index (χ4n) is 2.72. The van der Waals surface area contributed by atoms with E-state index in [-0.39, 0.29) is 17.5 Å². The number of morpholine rings is 1. The summed E-state index contributed by atoms with van der Waals surface area (Å²) in [4.78, 5) is 33.3. The lowest BCUT2D eigenvalue weighted by Gasteiger charge is -2.33. The molecule has 1 aliphatic heterocycles. The number of aromatic amines is 1. The second-order valence-electron chi connectivity index (χ2n) is 5.54. The largest absolute Gasteiger partial charge is 0.377 e. The van der Waals surface area contributed by atoms with Crippen molar-refractivity contribution in [2.24, 2.45) is 0 Å². The van der Waals surface area contributed by atoms with Gasteiger partial charge in [-0.05, 0) is 19.1 Å². The summed E-state index contributed by atoms with van der Waals surface area (Å²) in [6, 6.07) is 7.30. The Balaban J connectivity index is 1.71. The fourth-order valence-corrected chi connectivity index (χ4v) is 2.72. The van der Waals surface area contributed by atoms with Crippen LogP contribution in [0.1, 0.15) is 19.2 Å². The molecule has 0 aliphatic carbocycles. The molecule has 1 saturated heterocycles. The molecule has 1 fully saturated rings. The number of ether oxygens (including phenoxy) is 1. The molecule has 1 aromatic carbocycles. The van der Waals surface area contributed by atoms with Gasteiger partial charge in [-0.2, -0.15) is 0 Å². The Bertz CT molecular complexity index is 741. The molecule has 1 amide bonds. The molecule has 2 aromatic rings. The van der Waals surface area contributed by atoms with Crippen LogP contribution in [0.5, 0.6) is 0 Å². The first-order valence-electron chi connectivity index (χ1n) is 7.50. The first kappa shape index (κ1) is 14.7. The lowest BCUT2D eigenvalue weighted by Crippen LogP contribution is -2.47. The summed E-state index contributed by atoms with van der Waals surface area (Å²) in [7, 11) is 0. The highest BCUT2D eigenvalue weighted by Gasteiger charge is 2.23. The van der Waals surface area contributed by atoms with Crippen LogP contribution in [0.2, 0.25) is 0 Å². The van der Waals surface area contributed by atoms with Crippen molar-refractivity contribution < 1.29 is 9.53 Å². The van der Waals surface area contributed by atoms with Gasteiger partial charge in [0.2, 0.25) is 5.91 Å². The van der Waals surface area contributed by atoms with Crippen LogP contribution in [0.15, 0.2) is 29.1 Å². The molecule has 2 heterocycles. The summed E-state index contributed by atoms with van der Waals surface area (Å²) in [5, 5.41) is 0.569. The minimum absolute atomic E-state index is 0.0756. The van der Waals surface area contributed by atoms with Gasteiger partial charge in [-0.1, -0.05) is 12.1 Å². The van der Waals surface area contributed by atoms with Gasteiger partial charge in [-0.25, -0.2) is 4.98 Å². The van der Waals surface area contributed by atoms with Crippen LogP contribution in [-0.4, -0.2) is 46.6 Å². The SMILES string of the molecule is C[C@@H]1COCCN1C(=O)CCc1nc2ccccc2c(=O)[nH]1. The van der Waals surface area contributed by atoms with E-state index in [1.165, 1.54) is 0 Å². The number of hydrogen-bond donors (Lipinski definition) is 1. The van der Waals surface area contributed by atoms with Gasteiger partial charge in [-0.15, -0.1) is 0 Å². The van der Waals surface area contributed by atoms with Gasteiger partial charge in [-0.3, -0.25) is 9.59 Å². The number of amides is 1. The summed E-state index contributed by atoms with van der Waals surface area (Å²) < 4.78 is 5.34. The molecule has 0 saturated carbocycles. The Hall–Kier alpha value is -2.21. The van der Waals surface area contributed by atoms with E-state index in [2.05, 4.69) is 9.97 Å². The van der Waals surface area contributed by atoms with Crippen molar-refractivity contribution in [3.05, 3.63) is 40.4 Å². The van der Waals surface area contributed by atoms with E-state index >= 15 is 0 Å². The van der Waals surface area contributed by atoms with E-state index in [0.717, 1.165) is 0 Å². The lowest BCUT2D eigenvalue weighted by molar-refractivity contribution is -0.139. The van der Waals surface area contributed by atoms with E-state index in [4.69, 9.17) is 4.74 Å². The average molecular weight is 301 g/mol. The number of nitrogens with one attached hydrogen (secondary N) is 1. The summed E-state index contributed by atoms with van der Waals surface area (Å²) in [6.45, 7) is 3.77. The third kappa shape index (κ3) is 3.01. The predicted molar refractivity (Wildman–Crippen MR) is 82.7 cm³/mol. The smallest absolute Gasteiger partial charge is 0.258 e. The van der Waals surface area contributed by atoms with Crippen molar-refractivity contribution in [2.45, 2.75) is 25.8 Å². The van der Waals surface area contributed by atoms with Crippen LogP contribution in [0, 0.1) is 0 Å². The Kier molecular flexibility index (Phi) is 4.20. The monoisotopic (exact) mass is 301 g/mol. The second kappa shape index (κ2) is 6.27. The van der Waals surface area contributed by atoms with Gasteiger partial charge < -0.3 is 14.6 Å². The molecule has 1 aliphatic rings. The van der Waals surface area contributed by atoms with Crippen molar-refractivity contribution in [1.82, 2.24) is 14.9 Å². The van der Waals surface area contributed by atoms with E-state index < -0.39 is 0 Å².